The van der Waals surface area contributed by atoms with Crippen molar-refractivity contribution in [3.8, 4) is 11.4 Å². The second-order valence-electron chi connectivity index (χ2n) is 6.72. The number of halogens is 2. The molecule has 1 aromatic carbocycles. The molecule has 0 saturated carbocycles. The molecule has 1 N–H and O–H groups in total. The number of benzene rings is 1. The van der Waals surface area contributed by atoms with Crippen LogP contribution in [0.4, 0.5) is 0 Å². The summed E-state index contributed by atoms with van der Waals surface area (Å²) in [5.41, 5.74) is 2.69. The van der Waals surface area contributed by atoms with Crippen molar-refractivity contribution in [1.29, 1.82) is 0 Å². The third-order valence-electron chi connectivity index (χ3n) is 4.80. The van der Waals surface area contributed by atoms with Gasteiger partial charge < -0.3 is 4.98 Å². The molecule has 1 aliphatic heterocycles. The zero-order valence-electron chi connectivity index (χ0n) is 14.5. The van der Waals surface area contributed by atoms with E-state index in [1.54, 1.807) is 18.5 Å². The molecule has 4 rings (SSSR count). The van der Waals surface area contributed by atoms with Gasteiger partial charge in [0.15, 0.2) is 0 Å². The van der Waals surface area contributed by atoms with Crippen molar-refractivity contribution < 1.29 is 0 Å². The molecule has 1 fully saturated rings. The van der Waals surface area contributed by atoms with E-state index in [4.69, 9.17) is 28.2 Å². The first kappa shape index (κ1) is 18.2. The number of nitrogens with zero attached hydrogens (tertiary/aromatic N) is 3. The average molecular weight is 401 g/mol. The van der Waals surface area contributed by atoms with E-state index in [2.05, 4.69) is 14.9 Å². The lowest BCUT2D eigenvalue weighted by Crippen LogP contribution is -2.20. The van der Waals surface area contributed by atoms with Crippen LogP contribution in [0, 0.1) is 0 Å². The summed E-state index contributed by atoms with van der Waals surface area (Å²) >= 11 is 12.1. The van der Waals surface area contributed by atoms with Gasteiger partial charge in [0.25, 0.3) is 5.56 Å². The molecule has 0 amide bonds. The number of H-pyrrole nitrogens is 1. The monoisotopic (exact) mass is 400 g/mol. The Morgan fingerprint density at radius 2 is 1.93 bits per heavy atom. The van der Waals surface area contributed by atoms with Crippen LogP contribution in [0.15, 0.2) is 53.6 Å². The minimum Gasteiger partial charge on any atom is -0.307 e. The first-order valence-electron chi connectivity index (χ1n) is 8.76. The van der Waals surface area contributed by atoms with Gasteiger partial charge in [-0.25, -0.2) is 4.98 Å². The normalized spacial score (nSPS) is 17.3. The topological polar surface area (TPSA) is 61.9 Å². The van der Waals surface area contributed by atoms with Crippen LogP contribution in [-0.2, 0) is 6.54 Å². The van der Waals surface area contributed by atoms with E-state index in [9.17, 15) is 4.79 Å². The quantitative estimate of drug-likeness (QED) is 0.714. The summed E-state index contributed by atoms with van der Waals surface area (Å²) in [4.78, 5) is 26.0. The average Bonchev–Trinajstić information content (AvgIpc) is 3.13. The molecule has 0 aliphatic carbocycles. The molecule has 0 bridgehead atoms. The molecule has 3 aromatic rings. The number of pyridine rings is 1. The molecule has 0 unspecified atom stereocenters. The Bertz CT molecular complexity index is 1010. The first-order chi connectivity index (χ1) is 13.1. The zero-order valence-corrected chi connectivity index (χ0v) is 16.0. The maximum absolute atomic E-state index is 12.1. The summed E-state index contributed by atoms with van der Waals surface area (Å²) in [6.45, 7) is 2.60. The van der Waals surface area contributed by atoms with E-state index in [1.807, 2.05) is 30.3 Å². The standard InChI is InChI=1S/C20H18Cl2N4O/c21-16-2-1-13(9-17(16)22)11-26-8-5-15(12-26)18-10-19(27)25-20(24-18)14-3-6-23-7-4-14/h1-4,6-7,9-10,15H,5,8,11-12H2,(H,24,25,27)/t15-/m0/s1. The van der Waals surface area contributed by atoms with Crippen LogP contribution >= 0.6 is 23.2 Å². The lowest BCUT2D eigenvalue weighted by Gasteiger charge is -2.16. The molecule has 0 spiro atoms. The minimum absolute atomic E-state index is 0.130. The summed E-state index contributed by atoms with van der Waals surface area (Å²) in [7, 11) is 0. The van der Waals surface area contributed by atoms with Crippen LogP contribution in [-0.4, -0.2) is 32.9 Å². The molecule has 27 heavy (non-hydrogen) atoms. The van der Waals surface area contributed by atoms with Gasteiger partial charge in [-0.15, -0.1) is 0 Å². The lowest BCUT2D eigenvalue weighted by molar-refractivity contribution is 0.326. The van der Waals surface area contributed by atoms with Crippen LogP contribution < -0.4 is 5.56 Å². The van der Waals surface area contributed by atoms with Crippen molar-refractivity contribution in [2.45, 2.75) is 18.9 Å². The number of likely N-dealkylation sites (tertiary alicyclic amines) is 1. The predicted octanol–water partition coefficient (Wildman–Crippen LogP) is 4.13. The van der Waals surface area contributed by atoms with Gasteiger partial charge in [0, 0.05) is 43.0 Å². The molecule has 0 radical (unpaired) electrons. The molecule has 1 saturated heterocycles. The Balaban J connectivity index is 1.51. The van der Waals surface area contributed by atoms with Crippen molar-refractivity contribution in [3.05, 3.63) is 80.4 Å². The molecule has 5 nitrogen and oxygen atoms in total. The fourth-order valence-electron chi connectivity index (χ4n) is 3.45. The number of nitrogens with one attached hydrogen (secondary N) is 1. The van der Waals surface area contributed by atoms with E-state index in [-0.39, 0.29) is 11.5 Å². The number of aromatic amines is 1. The Morgan fingerprint density at radius 3 is 2.70 bits per heavy atom. The molecular weight excluding hydrogens is 383 g/mol. The Morgan fingerprint density at radius 1 is 1.11 bits per heavy atom. The summed E-state index contributed by atoms with van der Waals surface area (Å²) in [6.07, 6.45) is 4.35. The molecule has 3 heterocycles. The van der Waals surface area contributed by atoms with Crippen LogP contribution in [0.25, 0.3) is 11.4 Å². The third kappa shape index (κ3) is 4.21. The lowest BCUT2D eigenvalue weighted by atomic mass is 10.0. The van der Waals surface area contributed by atoms with Crippen LogP contribution in [0.1, 0.15) is 23.6 Å². The van der Waals surface area contributed by atoms with Crippen molar-refractivity contribution in [3.63, 3.8) is 0 Å². The zero-order chi connectivity index (χ0) is 18.8. The van der Waals surface area contributed by atoms with Gasteiger partial charge >= 0.3 is 0 Å². The Labute approximate surface area is 167 Å². The van der Waals surface area contributed by atoms with Gasteiger partial charge in [0.05, 0.1) is 15.7 Å². The van der Waals surface area contributed by atoms with Gasteiger partial charge in [-0.3, -0.25) is 14.7 Å². The highest BCUT2D eigenvalue weighted by Crippen LogP contribution is 2.29. The SMILES string of the molecule is O=c1cc([C@H]2CCN(Cc3ccc(Cl)c(Cl)c3)C2)nc(-c2ccncc2)[nH]1. The highest BCUT2D eigenvalue weighted by Gasteiger charge is 2.26. The number of rotatable bonds is 4. The largest absolute Gasteiger partial charge is 0.307 e. The van der Waals surface area contributed by atoms with Crippen molar-refractivity contribution in [1.82, 2.24) is 19.9 Å². The van der Waals surface area contributed by atoms with Crippen LogP contribution in [0.3, 0.4) is 0 Å². The fraction of sp³-hybridized carbons (Fsp3) is 0.250. The summed E-state index contributed by atoms with van der Waals surface area (Å²) < 4.78 is 0. The highest BCUT2D eigenvalue weighted by molar-refractivity contribution is 6.42. The van der Waals surface area contributed by atoms with Crippen molar-refractivity contribution in [2.24, 2.45) is 0 Å². The predicted molar refractivity (Wildman–Crippen MR) is 107 cm³/mol. The maximum Gasteiger partial charge on any atom is 0.251 e. The van der Waals surface area contributed by atoms with E-state index < -0.39 is 0 Å². The second kappa shape index (κ2) is 7.80. The van der Waals surface area contributed by atoms with E-state index in [1.165, 1.54) is 0 Å². The van der Waals surface area contributed by atoms with Crippen LogP contribution in [0.2, 0.25) is 10.0 Å². The molecular formula is C20H18Cl2N4O. The fourth-order valence-corrected chi connectivity index (χ4v) is 3.77. The highest BCUT2D eigenvalue weighted by atomic mass is 35.5. The Hall–Kier alpha value is -2.21. The van der Waals surface area contributed by atoms with E-state index in [0.29, 0.717) is 15.9 Å². The second-order valence-corrected chi connectivity index (χ2v) is 7.54. The number of hydrogen-bond acceptors (Lipinski definition) is 4. The van der Waals surface area contributed by atoms with Gasteiger partial charge in [0.1, 0.15) is 5.82 Å². The summed E-state index contributed by atoms with van der Waals surface area (Å²) in [6, 6.07) is 11.0. The molecule has 2 aromatic heterocycles. The van der Waals surface area contributed by atoms with Gasteiger partial charge in [-0.05, 0) is 42.8 Å². The maximum atomic E-state index is 12.1. The summed E-state index contributed by atoms with van der Waals surface area (Å²) in [5.74, 6) is 0.818. The summed E-state index contributed by atoms with van der Waals surface area (Å²) in [5, 5.41) is 1.14. The molecule has 7 heteroatoms. The minimum atomic E-state index is -0.130. The number of aromatic nitrogens is 3. The van der Waals surface area contributed by atoms with Gasteiger partial charge in [-0.1, -0.05) is 29.3 Å². The van der Waals surface area contributed by atoms with Crippen LogP contribution in [0.5, 0.6) is 0 Å². The van der Waals surface area contributed by atoms with Gasteiger partial charge in [-0.2, -0.15) is 0 Å². The first-order valence-corrected chi connectivity index (χ1v) is 9.52. The van der Waals surface area contributed by atoms with Crippen molar-refractivity contribution >= 4 is 23.2 Å². The molecule has 1 aliphatic rings. The molecule has 138 valence electrons. The molecule has 1 atom stereocenters. The van der Waals surface area contributed by atoms with Crippen molar-refractivity contribution in [2.75, 3.05) is 13.1 Å². The third-order valence-corrected chi connectivity index (χ3v) is 5.54. The smallest absolute Gasteiger partial charge is 0.251 e. The van der Waals surface area contributed by atoms with E-state index in [0.717, 1.165) is 42.9 Å². The Kier molecular flexibility index (Phi) is 5.25. The van der Waals surface area contributed by atoms with E-state index >= 15 is 0 Å². The van der Waals surface area contributed by atoms with Gasteiger partial charge in [0.2, 0.25) is 0 Å². The number of hydrogen-bond donors (Lipinski definition) is 1.